The summed E-state index contributed by atoms with van der Waals surface area (Å²) in [6.45, 7) is 3.14. The number of carbonyl (C=O) groups is 1. The van der Waals surface area contributed by atoms with E-state index in [0.717, 1.165) is 6.42 Å². The largest absolute Gasteiger partial charge is 0.339 e. The molecular weight excluding hydrogens is 308 g/mol. The summed E-state index contributed by atoms with van der Waals surface area (Å²) in [5.41, 5.74) is 0.481. The van der Waals surface area contributed by atoms with E-state index in [-0.39, 0.29) is 11.7 Å². The number of nitrogens with zero attached hydrogens (tertiary/aromatic N) is 1. The van der Waals surface area contributed by atoms with E-state index in [0.29, 0.717) is 29.0 Å². The molecule has 0 heterocycles. The van der Waals surface area contributed by atoms with E-state index in [1.165, 1.54) is 18.2 Å². The van der Waals surface area contributed by atoms with Gasteiger partial charge in [0.1, 0.15) is 5.82 Å². The van der Waals surface area contributed by atoms with Gasteiger partial charge in [0, 0.05) is 24.5 Å². The van der Waals surface area contributed by atoms with Gasteiger partial charge in [-0.3, -0.25) is 4.79 Å². The molecule has 0 N–H and O–H groups in total. The molecule has 17 heavy (non-hydrogen) atoms. The van der Waals surface area contributed by atoms with Gasteiger partial charge in [-0.1, -0.05) is 0 Å². The van der Waals surface area contributed by atoms with E-state index in [4.69, 9.17) is 11.6 Å². The molecule has 0 radical (unpaired) electrons. The average Bonchev–Trinajstić information content (AvgIpc) is 2.33. The van der Waals surface area contributed by atoms with Gasteiger partial charge in [-0.2, -0.15) is 0 Å². The molecule has 0 spiro atoms. The number of benzene rings is 1. The van der Waals surface area contributed by atoms with Gasteiger partial charge in [0.15, 0.2) is 0 Å². The standard InChI is InChI=1S/C12H14BrClFNO/c1-2-16(7-3-6-14)12(17)9-4-5-11(15)10(13)8-9/h4-5,8H,2-3,6-7H2,1H3. The minimum atomic E-state index is -0.370. The lowest BCUT2D eigenvalue weighted by atomic mass is 10.2. The number of hydrogen-bond donors (Lipinski definition) is 0. The minimum absolute atomic E-state index is 0.0988. The van der Waals surface area contributed by atoms with Crippen molar-refractivity contribution in [2.75, 3.05) is 19.0 Å². The molecule has 0 bridgehead atoms. The Morgan fingerprint density at radius 3 is 2.76 bits per heavy atom. The third kappa shape index (κ3) is 3.96. The van der Waals surface area contributed by atoms with Gasteiger partial charge in [-0.15, -0.1) is 11.6 Å². The van der Waals surface area contributed by atoms with Crippen LogP contribution >= 0.6 is 27.5 Å². The Kier molecular flexibility index (Phi) is 5.92. The van der Waals surface area contributed by atoms with Crippen LogP contribution in [0, 0.1) is 5.82 Å². The predicted molar refractivity (Wildman–Crippen MR) is 71.0 cm³/mol. The molecule has 0 unspecified atom stereocenters. The maximum absolute atomic E-state index is 13.1. The lowest BCUT2D eigenvalue weighted by Gasteiger charge is -2.20. The summed E-state index contributed by atoms with van der Waals surface area (Å²) in [6, 6.07) is 4.28. The van der Waals surface area contributed by atoms with Crippen LogP contribution < -0.4 is 0 Å². The molecule has 0 aliphatic carbocycles. The van der Waals surface area contributed by atoms with Crippen molar-refractivity contribution < 1.29 is 9.18 Å². The first-order valence-corrected chi connectivity index (χ1v) is 6.73. The van der Waals surface area contributed by atoms with Gasteiger partial charge in [0.05, 0.1) is 4.47 Å². The first-order chi connectivity index (χ1) is 8.10. The molecule has 0 aliphatic rings. The fourth-order valence-corrected chi connectivity index (χ4v) is 1.96. The Balaban J connectivity index is 2.82. The smallest absolute Gasteiger partial charge is 0.253 e. The zero-order valence-corrected chi connectivity index (χ0v) is 11.9. The quantitative estimate of drug-likeness (QED) is 0.757. The summed E-state index contributed by atoms with van der Waals surface area (Å²) >= 11 is 8.68. The van der Waals surface area contributed by atoms with Gasteiger partial charge >= 0.3 is 0 Å². The zero-order chi connectivity index (χ0) is 12.8. The van der Waals surface area contributed by atoms with Crippen molar-refractivity contribution in [2.45, 2.75) is 13.3 Å². The van der Waals surface area contributed by atoms with Gasteiger partial charge in [-0.25, -0.2) is 4.39 Å². The molecule has 0 saturated carbocycles. The molecule has 1 amide bonds. The van der Waals surface area contributed by atoms with Crippen LogP contribution in [-0.2, 0) is 0 Å². The molecule has 1 aromatic rings. The van der Waals surface area contributed by atoms with E-state index in [1.807, 2.05) is 6.92 Å². The Morgan fingerprint density at radius 2 is 2.24 bits per heavy atom. The third-order valence-electron chi connectivity index (χ3n) is 2.40. The van der Waals surface area contributed by atoms with Crippen LogP contribution in [0.25, 0.3) is 0 Å². The van der Waals surface area contributed by atoms with E-state index in [1.54, 1.807) is 4.90 Å². The number of amides is 1. The Morgan fingerprint density at radius 1 is 1.53 bits per heavy atom. The maximum atomic E-state index is 13.1. The van der Waals surface area contributed by atoms with Gasteiger partial charge in [-0.05, 0) is 47.5 Å². The third-order valence-corrected chi connectivity index (χ3v) is 3.27. The van der Waals surface area contributed by atoms with E-state index in [9.17, 15) is 9.18 Å². The highest BCUT2D eigenvalue weighted by Gasteiger charge is 2.14. The second kappa shape index (κ2) is 6.97. The summed E-state index contributed by atoms with van der Waals surface area (Å²) in [5, 5.41) is 0. The van der Waals surface area contributed by atoms with Crippen LogP contribution in [0.4, 0.5) is 4.39 Å². The van der Waals surface area contributed by atoms with E-state index in [2.05, 4.69) is 15.9 Å². The molecule has 5 heteroatoms. The van der Waals surface area contributed by atoms with Crippen LogP contribution in [0.3, 0.4) is 0 Å². The number of alkyl halides is 1. The highest BCUT2D eigenvalue weighted by Crippen LogP contribution is 2.18. The van der Waals surface area contributed by atoms with Crippen molar-refractivity contribution in [3.8, 4) is 0 Å². The molecule has 0 fully saturated rings. The van der Waals surface area contributed by atoms with Crippen molar-refractivity contribution in [1.82, 2.24) is 4.90 Å². The molecule has 0 atom stereocenters. The van der Waals surface area contributed by atoms with Crippen LogP contribution in [0.15, 0.2) is 22.7 Å². The monoisotopic (exact) mass is 321 g/mol. The Hall–Kier alpha value is -0.610. The minimum Gasteiger partial charge on any atom is -0.339 e. The first kappa shape index (κ1) is 14.5. The topological polar surface area (TPSA) is 20.3 Å². The highest BCUT2D eigenvalue weighted by atomic mass is 79.9. The number of halogens is 3. The van der Waals surface area contributed by atoms with Crippen LogP contribution in [-0.4, -0.2) is 29.8 Å². The summed E-state index contributed by atoms with van der Waals surface area (Å²) in [6.07, 6.45) is 0.753. The van der Waals surface area contributed by atoms with E-state index >= 15 is 0 Å². The number of carbonyl (C=O) groups excluding carboxylic acids is 1. The summed E-state index contributed by atoms with van der Waals surface area (Å²) in [4.78, 5) is 13.8. The van der Waals surface area contributed by atoms with Crippen molar-refractivity contribution >= 4 is 33.4 Å². The van der Waals surface area contributed by atoms with Crippen molar-refractivity contribution in [1.29, 1.82) is 0 Å². The number of hydrogen-bond acceptors (Lipinski definition) is 1. The normalized spacial score (nSPS) is 10.4. The van der Waals surface area contributed by atoms with Gasteiger partial charge < -0.3 is 4.90 Å². The molecule has 0 aliphatic heterocycles. The van der Waals surface area contributed by atoms with Crippen LogP contribution in [0.5, 0.6) is 0 Å². The zero-order valence-electron chi connectivity index (χ0n) is 9.55. The molecule has 0 saturated heterocycles. The molecule has 2 nitrogen and oxygen atoms in total. The van der Waals surface area contributed by atoms with Crippen molar-refractivity contribution in [3.63, 3.8) is 0 Å². The second-order valence-corrected chi connectivity index (χ2v) is 4.79. The molecule has 1 rings (SSSR count). The average molecular weight is 323 g/mol. The first-order valence-electron chi connectivity index (χ1n) is 5.40. The second-order valence-electron chi connectivity index (χ2n) is 3.56. The number of rotatable bonds is 5. The fraction of sp³-hybridized carbons (Fsp3) is 0.417. The summed E-state index contributed by atoms with van der Waals surface area (Å²) in [5.74, 6) is 0.0559. The van der Waals surface area contributed by atoms with Gasteiger partial charge in [0.2, 0.25) is 0 Å². The lowest BCUT2D eigenvalue weighted by Crippen LogP contribution is -2.32. The lowest BCUT2D eigenvalue weighted by molar-refractivity contribution is 0.0764. The predicted octanol–water partition coefficient (Wildman–Crippen LogP) is 3.68. The molecule has 1 aromatic carbocycles. The highest BCUT2D eigenvalue weighted by molar-refractivity contribution is 9.10. The van der Waals surface area contributed by atoms with Crippen molar-refractivity contribution in [2.24, 2.45) is 0 Å². The Bertz CT molecular complexity index is 400. The molecule has 0 aromatic heterocycles. The fourth-order valence-electron chi connectivity index (χ4n) is 1.47. The molecule has 94 valence electrons. The van der Waals surface area contributed by atoms with Crippen LogP contribution in [0.2, 0.25) is 0 Å². The van der Waals surface area contributed by atoms with Crippen molar-refractivity contribution in [3.05, 3.63) is 34.1 Å². The summed E-state index contributed by atoms with van der Waals surface area (Å²) in [7, 11) is 0. The summed E-state index contributed by atoms with van der Waals surface area (Å²) < 4.78 is 13.4. The molecular formula is C12H14BrClFNO. The van der Waals surface area contributed by atoms with E-state index < -0.39 is 0 Å². The van der Waals surface area contributed by atoms with Gasteiger partial charge in [0.25, 0.3) is 5.91 Å². The Labute approximate surface area is 114 Å². The van der Waals surface area contributed by atoms with Crippen LogP contribution in [0.1, 0.15) is 23.7 Å². The maximum Gasteiger partial charge on any atom is 0.253 e. The SMILES string of the molecule is CCN(CCCCl)C(=O)c1ccc(F)c(Br)c1.